The molecule has 0 saturated carbocycles. The van der Waals surface area contributed by atoms with Crippen LogP contribution in [-0.4, -0.2) is 51.9 Å². The summed E-state index contributed by atoms with van der Waals surface area (Å²) in [4.78, 5) is 14.8. The molecular formula is C23H31N3O3S. The highest BCUT2D eigenvalue weighted by molar-refractivity contribution is 7.89. The van der Waals surface area contributed by atoms with Gasteiger partial charge in [0.05, 0.1) is 4.90 Å². The zero-order chi connectivity index (χ0) is 21.4. The van der Waals surface area contributed by atoms with E-state index in [9.17, 15) is 13.2 Å². The van der Waals surface area contributed by atoms with E-state index in [1.165, 1.54) is 9.99 Å². The Balaban J connectivity index is 1.35. The third kappa shape index (κ3) is 6.06. The zero-order valence-electron chi connectivity index (χ0n) is 17.5. The van der Waals surface area contributed by atoms with E-state index in [0.717, 1.165) is 25.8 Å². The molecule has 2 aromatic rings. The number of rotatable bonds is 9. The molecule has 2 aromatic carbocycles. The number of nitrogens with zero attached hydrogens (tertiary/aromatic N) is 2. The lowest BCUT2D eigenvalue weighted by Gasteiger charge is -2.31. The fourth-order valence-corrected chi connectivity index (χ4v) is 5.28. The van der Waals surface area contributed by atoms with Gasteiger partial charge in [0.15, 0.2) is 0 Å². The Morgan fingerprint density at radius 2 is 1.63 bits per heavy atom. The molecule has 1 N–H and O–H groups in total. The average Bonchev–Trinajstić information content (AvgIpc) is 2.78. The van der Waals surface area contributed by atoms with E-state index in [-0.39, 0.29) is 11.8 Å². The molecule has 0 spiro atoms. The first-order valence-electron chi connectivity index (χ1n) is 10.5. The van der Waals surface area contributed by atoms with Crippen molar-refractivity contribution < 1.29 is 13.2 Å². The van der Waals surface area contributed by atoms with Gasteiger partial charge in [-0.15, -0.1) is 0 Å². The molecule has 0 bridgehead atoms. The van der Waals surface area contributed by atoms with Crippen molar-refractivity contribution in [2.75, 3.05) is 38.1 Å². The molecule has 1 fully saturated rings. The summed E-state index contributed by atoms with van der Waals surface area (Å²) in [5, 5.41) is 3.01. The number of nitrogens with one attached hydrogen (secondary N) is 1. The van der Waals surface area contributed by atoms with Crippen molar-refractivity contribution in [3.05, 3.63) is 60.7 Å². The molecule has 1 amide bonds. The van der Waals surface area contributed by atoms with Crippen LogP contribution in [0.5, 0.6) is 0 Å². The van der Waals surface area contributed by atoms with Crippen molar-refractivity contribution in [1.29, 1.82) is 0 Å². The summed E-state index contributed by atoms with van der Waals surface area (Å²) >= 11 is 0. The van der Waals surface area contributed by atoms with Gasteiger partial charge in [-0.1, -0.05) is 36.4 Å². The molecule has 1 aliphatic heterocycles. The first kappa shape index (κ1) is 22.3. The number of sulfonamides is 1. The van der Waals surface area contributed by atoms with Gasteiger partial charge in [0.1, 0.15) is 0 Å². The maximum Gasteiger partial charge on any atom is 0.243 e. The fourth-order valence-electron chi connectivity index (χ4n) is 3.79. The van der Waals surface area contributed by atoms with Gasteiger partial charge in [0, 0.05) is 45.3 Å². The van der Waals surface area contributed by atoms with Crippen LogP contribution in [0.1, 0.15) is 25.7 Å². The lowest BCUT2D eigenvalue weighted by molar-refractivity contribution is -0.122. The van der Waals surface area contributed by atoms with Gasteiger partial charge in [-0.25, -0.2) is 8.42 Å². The summed E-state index contributed by atoms with van der Waals surface area (Å²) in [5.74, 6) is 0.293. The number of hydrogen-bond acceptors (Lipinski definition) is 4. The van der Waals surface area contributed by atoms with Gasteiger partial charge in [-0.05, 0) is 49.4 Å². The predicted molar refractivity (Wildman–Crippen MR) is 120 cm³/mol. The molecule has 30 heavy (non-hydrogen) atoms. The van der Waals surface area contributed by atoms with Gasteiger partial charge in [-0.3, -0.25) is 4.79 Å². The monoisotopic (exact) mass is 429 g/mol. The van der Waals surface area contributed by atoms with Crippen LogP contribution in [0.25, 0.3) is 0 Å². The number of amides is 1. The summed E-state index contributed by atoms with van der Waals surface area (Å²) in [5.41, 5.74) is 1.17. The Hall–Kier alpha value is -2.38. The van der Waals surface area contributed by atoms with E-state index in [2.05, 4.69) is 29.4 Å². The molecular weight excluding hydrogens is 398 g/mol. The fraction of sp³-hybridized carbons (Fsp3) is 0.435. The van der Waals surface area contributed by atoms with E-state index in [4.69, 9.17) is 0 Å². The van der Waals surface area contributed by atoms with Crippen LogP contribution in [0.4, 0.5) is 5.69 Å². The highest BCUT2D eigenvalue weighted by Gasteiger charge is 2.29. The van der Waals surface area contributed by atoms with Gasteiger partial charge >= 0.3 is 0 Å². The summed E-state index contributed by atoms with van der Waals surface area (Å²) in [7, 11) is -1.38. The molecule has 1 heterocycles. The molecule has 1 saturated heterocycles. The quantitative estimate of drug-likeness (QED) is 0.622. The van der Waals surface area contributed by atoms with E-state index < -0.39 is 10.0 Å². The molecule has 0 aliphatic carbocycles. The van der Waals surface area contributed by atoms with E-state index in [1.54, 1.807) is 24.3 Å². The summed E-state index contributed by atoms with van der Waals surface area (Å²) in [6.07, 6.45) is 2.78. The van der Waals surface area contributed by atoms with Crippen LogP contribution in [0.2, 0.25) is 0 Å². The zero-order valence-corrected chi connectivity index (χ0v) is 18.4. The van der Waals surface area contributed by atoms with E-state index >= 15 is 0 Å². The molecule has 1 aliphatic rings. The molecule has 6 nitrogen and oxygen atoms in total. The minimum Gasteiger partial charge on any atom is -0.375 e. The van der Waals surface area contributed by atoms with Crippen LogP contribution < -0.4 is 10.2 Å². The topological polar surface area (TPSA) is 69.7 Å². The van der Waals surface area contributed by atoms with E-state index in [0.29, 0.717) is 31.0 Å². The van der Waals surface area contributed by atoms with Crippen molar-refractivity contribution in [3.8, 4) is 0 Å². The average molecular weight is 430 g/mol. The van der Waals surface area contributed by atoms with Crippen LogP contribution in [0.15, 0.2) is 65.6 Å². The Bertz CT molecular complexity index is 896. The Kier molecular flexibility index (Phi) is 7.87. The first-order valence-corrected chi connectivity index (χ1v) is 12.0. The van der Waals surface area contributed by atoms with Gasteiger partial charge in [0.2, 0.25) is 15.9 Å². The standard InChI is InChI=1S/C23H31N3O3S/c1-25(21-9-4-2-5-10-21)16-8-15-24-23(27)19-20-13-17-26(18-14-20)30(28,29)22-11-6-3-7-12-22/h2-7,9-12,20H,8,13-19H2,1H3,(H,24,27). The van der Waals surface area contributed by atoms with Crippen molar-refractivity contribution >= 4 is 21.6 Å². The maximum absolute atomic E-state index is 12.7. The smallest absolute Gasteiger partial charge is 0.243 e. The van der Waals surface area contributed by atoms with E-state index in [1.807, 2.05) is 24.3 Å². The van der Waals surface area contributed by atoms with Crippen molar-refractivity contribution in [1.82, 2.24) is 9.62 Å². The number of hydrogen-bond donors (Lipinski definition) is 1. The molecule has 0 atom stereocenters. The lowest BCUT2D eigenvalue weighted by Crippen LogP contribution is -2.39. The largest absolute Gasteiger partial charge is 0.375 e. The Morgan fingerprint density at radius 3 is 2.27 bits per heavy atom. The van der Waals surface area contributed by atoms with Gasteiger partial charge in [0.25, 0.3) is 0 Å². The number of benzene rings is 2. The summed E-state index contributed by atoms with van der Waals surface area (Å²) in [6, 6.07) is 18.7. The number of carbonyl (C=O) groups is 1. The second-order valence-electron chi connectivity index (χ2n) is 7.83. The highest BCUT2D eigenvalue weighted by Crippen LogP contribution is 2.25. The minimum absolute atomic E-state index is 0.0572. The van der Waals surface area contributed by atoms with Crippen LogP contribution >= 0.6 is 0 Å². The van der Waals surface area contributed by atoms with Crippen molar-refractivity contribution in [2.24, 2.45) is 5.92 Å². The van der Waals surface area contributed by atoms with Crippen molar-refractivity contribution in [3.63, 3.8) is 0 Å². The minimum atomic E-state index is -3.43. The molecule has 0 aromatic heterocycles. The van der Waals surface area contributed by atoms with Crippen LogP contribution in [-0.2, 0) is 14.8 Å². The van der Waals surface area contributed by atoms with Gasteiger partial charge in [-0.2, -0.15) is 4.31 Å². The summed E-state index contributed by atoms with van der Waals surface area (Å²) < 4.78 is 26.9. The second kappa shape index (κ2) is 10.6. The molecule has 0 radical (unpaired) electrons. The molecule has 162 valence electrons. The number of anilines is 1. The molecule has 7 heteroatoms. The normalized spacial score (nSPS) is 15.6. The second-order valence-corrected chi connectivity index (χ2v) is 9.76. The van der Waals surface area contributed by atoms with Gasteiger partial charge < -0.3 is 10.2 Å². The predicted octanol–water partition coefficient (Wildman–Crippen LogP) is 3.12. The molecule has 3 rings (SSSR count). The van der Waals surface area contributed by atoms with Crippen molar-refractivity contribution in [2.45, 2.75) is 30.6 Å². The Labute approximate surface area is 179 Å². The lowest BCUT2D eigenvalue weighted by atomic mass is 9.94. The SMILES string of the molecule is CN(CCCNC(=O)CC1CCN(S(=O)(=O)c2ccccc2)CC1)c1ccccc1. The maximum atomic E-state index is 12.7. The number of carbonyl (C=O) groups excluding carboxylic acids is 1. The summed E-state index contributed by atoms with van der Waals surface area (Å²) in [6.45, 7) is 2.46. The Morgan fingerprint density at radius 1 is 1.03 bits per heavy atom. The van der Waals surface area contributed by atoms with Crippen LogP contribution in [0.3, 0.4) is 0 Å². The third-order valence-electron chi connectivity index (χ3n) is 5.62. The number of piperidine rings is 1. The highest BCUT2D eigenvalue weighted by atomic mass is 32.2. The third-order valence-corrected chi connectivity index (χ3v) is 7.53. The molecule has 0 unspecified atom stereocenters. The van der Waals surface area contributed by atoms with Crippen LogP contribution in [0, 0.1) is 5.92 Å². The first-order chi connectivity index (χ1) is 14.5. The number of para-hydroxylation sites is 1.